The smallest absolute Gasteiger partial charge is 0.269 e. The first-order chi connectivity index (χ1) is 10.5. The van der Waals surface area contributed by atoms with Crippen molar-refractivity contribution in [2.24, 2.45) is 0 Å². The minimum absolute atomic E-state index is 0.00934. The summed E-state index contributed by atoms with van der Waals surface area (Å²) in [4.78, 5) is 22.1. The van der Waals surface area contributed by atoms with Gasteiger partial charge in [0.25, 0.3) is 5.69 Å². The largest absolute Gasteiger partial charge is 0.385 e. The lowest BCUT2D eigenvalue weighted by Gasteiger charge is -2.08. The zero-order valence-corrected chi connectivity index (χ0v) is 12.6. The number of rotatable bonds is 6. The predicted octanol–water partition coefficient (Wildman–Crippen LogP) is 3.90. The third-order valence-electron chi connectivity index (χ3n) is 3.30. The normalized spacial score (nSPS) is 10.3. The van der Waals surface area contributed by atoms with Gasteiger partial charge in [-0.15, -0.1) is 0 Å². The monoisotopic (exact) mass is 298 g/mol. The summed E-state index contributed by atoms with van der Waals surface area (Å²) in [6.07, 6.45) is 0.338. The number of nitrogens with zero attached hydrogens (tertiary/aromatic N) is 1. The lowest BCUT2D eigenvalue weighted by atomic mass is 10.1. The van der Waals surface area contributed by atoms with Crippen molar-refractivity contribution in [3.63, 3.8) is 0 Å². The van der Waals surface area contributed by atoms with Crippen LogP contribution >= 0.6 is 0 Å². The molecule has 22 heavy (non-hydrogen) atoms. The molecule has 2 aromatic rings. The molecule has 2 aromatic carbocycles. The van der Waals surface area contributed by atoms with Crippen molar-refractivity contribution in [1.29, 1.82) is 0 Å². The van der Waals surface area contributed by atoms with Crippen LogP contribution in [0.25, 0.3) is 0 Å². The van der Waals surface area contributed by atoms with Crippen molar-refractivity contribution in [3.05, 3.63) is 69.3 Å². The summed E-state index contributed by atoms with van der Waals surface area (Å²) in [5.74, 6) is -0.0354. The van der Waals surface area contributed by atoms with Crippen LogP contribution in [0.1, 0.15) is 27.9 Å². The minimum atomic E-state index is -0.476. The zero-order valence-electron chi connectivity index (χ0n) is 12.6. The van der Waals surface area contributed by atoms with Crippen LogP contribution in [-0.4, -0.2) is 17.3 Å². The van der Waals surface area contributed by atoms with Gasteiger partial charge in [0.15, 0.2) is 5.78 Å². The number of nitrogens with one attached hydrogen (secondary N) is 1. The molecular formula is C17H18N2O3. The Bertz CT molecular complexity index is 673. The first kappa shape index (κ1) is 15.7. The van der Waals surface area contributed by atoms with Gasteiger partial charge in [0.05, 0.1) is 4.92 Å². The molecule has 0 amide bonds. The Labute approximate surface area is 129 Å². The molecule has 0 radical (unpaired) electrons. The molecule has 0 bridgehead atoms. The average molecular weight is 298 g/mol. The molecule has 0 spiro atoms. The van der Waals surface area contributed by atoms with Crippen molar-refractivity contribution in [2.45, 2.75) is 20.3 Å². The number of carbonyl (C=O) groups is 1. The van der Waals surface area contributed by atoms with E-state index in [1.807, 2.05) is 26.0 Å². The Kier molecular flexibility index (Phi) is 4.88. The number of nitro groups is 1. The molecule has 2 rings (SSSR count). The van der Waals surface area contributed by atoms with Gasteiger partial charge in [-0.25, -0.2) is 0 Å². The highest BCUT2D eigenvalue weighted by molar-refractivity contribution is 5.96. The van der Waals surface area contributed by atoms with Gasteiger partial charge in [0.2, 0.25) is 0 Å². The van der Waals surface area contributed by atoms with Crippen LogP contribution in [0.4, 0.5) is 11.4 Å². The number of benzene rings is 2. The lowest BCUT2D eigenvalue weighted by Crippen LogP contribution is -2.09. The third kappa shape index (κ3) is 4.15. The molecule has 0 fully saturated rings. The summed E-state index contributed by atoms with van der Waals surface area (Å²) in [5.41, 5.74) is 3.82. The van der Waals surface area contributed by atoms with Crippen molar-refractivity contribution in [1.82, 2.24) is 0 Å². The summed E-state index contributed by atoms with van der Waals surface area (Å²) in [5, 5.41) is 13.8. The summed E-state index contributed by atoms with van der Waals surface area (Å²) in [6, 6.07) is 11.9. The highest BCUT2D eigenvalue weighted by Gasteiger charge is 2.09. The van der Waals surface area contributed by atoms with Gasteiger partial charge in [-0.05, 0) is 49.2 Å². The third-order valence-corrected chi connectivity index (χ3v) is 3.30. The minimum Gasteiger partial charge on any atom is -0.385 e. The number of carbonyl (C=O) groups excluding carboxylic acids is 1. The molecule has 0 aliphatic rings. The Morgan fingerprint density at radius 3 is 2.23 bits per heavy atom. The van der Waals surface area contributed by atoms with Gasteiger partial charge in [0, 0.05) is 36.3 Å². The van der Waals surface area contributed by atoms with Crippen LogP contribution in [0, 0.1) is 24.0 Å². The van der Waals surface area contributed by atoms with E-state index >= 15 is 0 Å². The fraction of sp³-hybridized carbons (Fsp3) is 0.235. The first-order valence-corrected chi connectivity index (χ1v) is 7.05. The SMILES string of the molecule is Cc1cc(C)cc(NCCC(=O)c2ccc([N+](=O)[O-])cc2)c1. The van der Waals surface area contributed by atoms with Gasteiger partial charge in [-0.2, -0.15) is 0 Å². The summed E-state index contributed by atoms with van der Waals surface area (Å²) < 4.78 is 0. The molecule has 0 aromatic heterocycles. The van der Waals surface area contributed by atoms with Crippen LogP contribution in [0.2, 0.25) is 0 Å². The molecule has 0 heterocycles. The van der Waals surface area contributed by atoms with E-state index in [-0.39, 0.29) is 11.5 Å². The molecule has 1 N–H and O–H groups in total. The van der Waals surface area contributed by atoms with Crippen molar-refractivity contribution >= 4 is 17.2 Å². The van der Waals surface area contributed by atoms with E-state index in [1.54, 1.807) is 0 Å². The highest BCUT2D eigenvalue weighted by Crippen LogP contribution is 2.15. The number of anilines is 1. The highest BCUT2D eigenvalue weighted by atomic mass is 16.6. The average Bonchev–Trinajstić information content (AvgIpc) is 2.46. The lowest BCUT2D eigenvalue weighted by molar-refractivity contribution is -0.384. The van der Waals surface area contributed by atoms with Crippen LogP contribution in [0.5, 0.6) is 0 Å². The molecule has 0 aliphatic carbocycles. The van der Waals surface area contributed by atoms with Gasteiger partial charge < -0.3 is 5.32 Å². The van der Waals surface area contributed by atoms with Crippen LogP contribution in [0.3, 0.4) is 0 Å². The van der Waals surface area contributed by atoms with Crippen molar-refractivity contribution < 1.29 is 9.72 Å². The molecule has 0 saturated heterocycles. The predicted molar refractivity (Wildman–Crippen MR) is 86.4 cm³/mol. The summed E-state index contributed by atoms with van der Waals surface area (Å²) >= 11 is 0. The molecule has 0 unspecified atom stereocenters. The number of Topliss-reactive ketones (excluding diaryl/α,β-unsaturated/α-hetero) is 1. The van der Waals surface area contributed by atoms with E-state index in [2.05, 4.69) is 11.4 Å². The maximum atomic E-state index is 12.0. The molecule has 0 aliphatic heterocycles. The Hall–Kier alpha value is -2.69. The standard InChI is InChI=1S/C17H18N2O3/c1-12-9-13(2)11-15(10-12)18-8-7-17(20)14-3-5-16(6-4-14)19(21)22/h3-6,9-11,18H,7-8H2,1-2H3. The quantitative estimate of drug-likeness (QED) is 0.499. The van der Waals surface area contributed by atoms with E-state index in [1.165, 1.54) is 35.4 Å². The summed E-state index contributed by atoms with van der Waals surface area (Å²) in [6.45, 7) is 4.58. The molecule has 5 nitrogen and oxygen atoms in total. The van der Waals surface area contributed by atoms with E-state index < -0.39 is 4.92 Å². The van der Waals surface area contributed by atoms with Crippen LogP contribution in [0.15, 0.2) is 42.5 Å². The van der Waals surface area contributed by atoms with Gasteiger partial charge in [-0.1, -0.05) is 6.07 Å². The first-order valence-electron chi connectivity index (χ1n) is 7.05. The second-order valence-corrected chi connectivity index (χ2v) is 5.28. The molecule has 114 valence electrons. The Morgan fingerprint density at radius 2 is 1.68 bits per heavy atom. The van der Waals surface area contributed by atoms with E-state index in [0.29, 0.717) is 18.5 Å². The fourth-order valence-corrected chi connectivity index (χ4v) is 2.31. The fourth-order valence-electron chi connectivity index (χ4n) is 2.31. The second-order valence-electron chi connectivity index (χ2n) is 5.28. The number of nitro benzene ring substituents is 1. The molecule has 5 heteroatoms. The van der Waals surface area contributed by atoms with Crippen molar-refractivity contribution in [2.75, 3.05) is 11.9 Å². The molecular weight excluding hydrogens is 280 g/mol. The maximum Gasteiger partial charge on any atom is 0.269 e. The number of ketones is 1. The van der Waals surface area contributed by atoms with E-state index in [9.17, 15) is 14.9 Å². The van der Waals surface area contributed by atoms with E-state index in [0.717, 1.165) is 5.69 Å². The summed E-state index contributed by atoms with van der Waals surface area (Å²) in [7, 11) is 0. The number of hydrogen-bond donors (Lipinski definition) is 1. The zero-order chi connectivity index (χ0) is 16.1. The van der Waals surface area contributed by atoms with Gasteiger partial charge in [0.1, 0.15) is 0 Å². The van der Waals surface area contributed by atoms with Gasteiger partial charge >= 0.3 is 0 Å². The topological polar surface area (TPSA) is 72.2 Å². The molecule has 0 saturated carbocycles. The van der Waals surface area contributed by atoms with Gasteiger partial charge in [-0.3, -0.25) is 14.9 Å². The van der Waals surface area contributed by atoms with Crippen molar-refractivity contribution in [3.8, 4) is 0 Å². The molecule has 0 atom stereocenters. The Morgan fingerprint density at radius 1 is 1.09 bits per heavy atom. The van der Waals surface area contributed by atoms with Crippen LogP contribution in [-0.2, 0) is 0 Å². The van der Waals surface area contributed by atoms with Crippen LogP contribution < -0.4 is 5.32 Å². The maximum absolute atomic E-state index is 12.0. The number of aryl methyl sites for hydroxylation is 2. The second kappa shape index (κ2) is 6.85. The number of hydrogen-bond acceptors (Lipinski definition) is 4. The number of non-ortho nitro benzene ring substituents is 1. The van der Waals surface area contributed by atoms with E-state index in [4.69, 9.17) is 0 Å². The Balaban J connectivity index is 1.91.